The Bertz CT molecular complexity index is 462. The van der Waals surface area contributed by atoms with Crippen molar-refractivity contribution in [3.8, 4) is 0 Å². The lowest BCUT2D eigenvalue weighted by Crippen LogP contribution is -2.42. The Labute approximate surface area is 123 Å². The summed E-state index contributed by atoms with van der Waals surface area (Å²) in [6, 6.07) is 5.48. The fourth-order valence-electron chi connectivity index (χ4n) is 2.33. The summed E-state index contributed by atoms with van der Waals surface area (Å²) in [5, 5.41) is 10.5. The van der Waals surface area contributed by atoms with Gasteiger partial charge in [-0.3, -0.25) is 9.69 Å². The van der Waals surface area contributed by atoms with E-state index in [1.165, 1.54) is 0 Å². The SMILES string of the molecule is CC1(C(=O)O)CCN(Cc2c(Cl)cccc2Cl)CC1. The lowest BCUT2D eigenvalue weighted by atomic mass is 9.80. The molecule has 1 fully saturated rings. The molecule has 0 amide bonds. The molecule has 1 aliphatic rings. The van der Waals surface area contributed by atoms with Gasteiger partial charge in [0, 0.05) is 22.2 Å². The molecule has 0 unspecified atom stereocenters. The lowest BCUT2D eigenvalue weighted by Gasteiger charge is -2.36. The largest absolute Gasteiger partial charge is 0.481 e. The maximum absolute atomic E-state index is 11.2. The molecule has 5 heteroatoms. The first kappa shape index (κ1) is 14.6. The average Bonchev–Trinajstić information content (AvgIpc) is 2.36. The van der Waals surface area contributed by atoms with Crippen LogP contribution in [0.5, 0.6) is 0 Å². The highest BCUT2D eigenvalue weighted by atomic mass is 35.5. The molecule has 0 bridgehead atoms. The van der Waals surface area contributed by atoms with E-state index in [2.05, 4.69) is 4.90 Å². The van der Waals surface area contributed by atoms with Crippen LogP contribution in [-0.4, -0.2) is 29.1 Å². The number of carboxylic acids is 1. The maximum Gasteiger partial charge on any atom is 0.309 e. The second-order valence-corrected chi connectivity index (χ2v) is 6.16. The monoisotopic (exact) mass is 301 g/mol. The molecule has 0 aliphatic carbocycles. The summed E-state index contributed by atoms with van der Waals surface area (Å²) in [6.07, 6.45) is 1.31. The van der Waals surface area contributed by atoms with E-state index in [1.54, 1.807) is 0 Å². The lowest BCUT2D eigenvalue weighted by molar-refractivity contribution is -0.150. The van der Waals surface area contributed by atoms with Gasteiger partial charge in [-0.05, 0) is 45.0 Å². The van der Waals surface area contributed by atoms with E-state index >= 15 is 0 Å². The molecule has 3 nitrogen and oxygen atoms in total. The highest BCUT2D eigenvalue weighted by Gasteiger charge is 2.36. The van der Waals surface area contributed by atoms with Gasteiger partial charge in [-0.1, -0.05) is 29.3 Å². The first-order valence-electron chi connectivity index (χ1n) is 6.31. The quantitative estimate of drug-likeness (QED) is 0.926. The molecule has 0 radical (unpaired) electrons. The van der Waals surface area contributed by atoms with Crippen molar-refractivity contribution >= 4 is 29.2 Å². The van der Waals surface area contributed by atoms with E-state index in [4.69, 9.17) is 23.2 Å². The predicted octanol–water partition coefficient (Wildman–Crippen LogP) is 3.68. The van der Waals surface area contributed by atoms with Crippen molar-refractivity contribution in [2.24, 2.45) is 5.41 Å². The van der Waals surface area contributed by atoms with Crippen LogP contribution in [0.1, 0.15) is 25.3 Å². The zero-order valence-corrected chi connectivity index (χ0v) is 12.3. The molecule has 19 heavy (non-hydrogen) atoms. The summed E-state index contributed by atoms with van der Waals surface area (Å²) in [6.45, 7) is 4.00. The van der Waals surface area contributed by atoms with Crippen molar-refractivity contribution in [1.29, 1.82) is 0 Å². The number of nitrogens with zero attached hydrogens (tertiary/aromatic N) is 1. The molecule has 1 N–H and O–H groups in total. The number of likely N-dealkylation sites (tertiary alicyclic amines) is 1. The first-order valence-corrected chi connectivity index (χ1v) is 7.06. The third kappa shape index (κ3) is 3.22. The maximum atomic E-state index is 11.2. The smallest absolute Gasteiger partial charge is 0.309 e. The van der Waals surface area contributed by atoms with Gasteiger partial charge < -0.3 is 5.11 Å². The number of carbonyl (C=O) groups is 1. The summed E-state index contributed by atoms with van der Waals surface area (Å²) in [4.78, 5) is 13.4. The molecular weight excluding hydrogens is 285 g/mol. The summed E-state index contributed by atoms with van der Waals surface area (Å²) in [7, 11) is 0. The van der Waals surface area contributed by atoms with Crippen LogP contribution in [0.2, 0.25) is 10.0 Å². The third-order valence-corrected chi connectivity index (χ3v) is 4.63. The van der Waals surface area contributed by atoms with Crippen molar-refractivity contribution in [2.75, 3.05) is 13.1 Å². The number of rotatable bonds is 3. The predicted molar refractivity (Wildman–Crippen MR) is 76.7 cm³/mol. The Kier molecular flexibility index (Phi) is 4.39. The number of carboxylic acid groups (broad SMARTS) is 1. The molecule has 0 aromatic heterocycles. The Hall–Kier alpha value is -0.770. The molecule has 2 rings (SSSR count). The highest BCUT2D eigenvalue weighted by Crippen LogP contribution is 2.33. The van der Waals surface area contributed by atoms with Crippen molar-refractivity contribution in [2.45, 2.75) is 26.3 Å². The first-order chi connectivity index (χ1) is 8.92. The summed E-state index contributed by atoms with van der Waals surface area (Å²) in [5.74, 6) is -0.706. The molecule has 1 aromatic rings. The Balaban J connectivity index is 2.02. The van der Waals surface area contributed by atoms with E-state index in [0.717, 1.165) is 18.7 Å². The van der Waals surface area contributed by atoms with E-state index < -0.39 is 11.4 Å². The van der Waals surface area contributed by atoms with Gasteiger partial charge in [0.25, 0.3) is 0 Å². The second kappa shape index (κ2) is 5.70. The van der Waals surface area contributed by atoms with Crippen molar-refractivity contribution < 1.29 is 9.90 Å². The van der Waals surface area contributed by atoms with Crippen LogP contribution >= 0.6 is 23.2 Å². The minimum atomic E-state index is -0.706. The van der Waals surface area contributed by atoms with Crippen LogP contribution in [0.15, 0.2) is 18.2 Å². The molecule has 1 aliphatic heterocycles. The van der Waals surface area contributed by atoms with Gasteiger partial charge in [-0.25, -0.2) is 0 Å². The zero-order chi connectivity index (χ0) is 14.0. The highest BCUT2D eigenvalue weighted by molar-refractivity contribution is 6.35. The number of hydrogen-bond acceptors (Lipinski definition) is 2. The van der Waals surface area contributed by atoms with Gasteiger partial charge in [0.05, 0.1) is 5.41 Å². The number of halogens is 2. The van der Waals surface area contributed by atoms with Gasteiger partial charge in [0.15, 0.2) is 0 Å². The standard InChI is InChI=1S/C14H17Cl2NO2/c1-14(13(18)19)5-7-17(8-6-14)9-10-11(15)3-2-4-12(10)16/h2-4H,5-9H2,1H3,(H,18,19). The second-order valence-electron chi connectivity index (χ2n) is 5.34. The molecule has 104 valence electrons. The molecule has 1 aromatic carbocycles. The Morgan fingerprint density at radius 2 is 1.84 bits per heavy atom. The van der Waals surface area contributed by atoms with Crippen molar-refractivity contribution in [1.82, 2.24) is 4.90 Å². The number of hydrogen-bond donors (Lipinski definition) is 1. The topological polar surface area (TPSA) is 40.5 Å². The van der Waals surface area contributed by atoms with E-state index in [9.17, 15) is 9.90 Å². The third-order valence-electron chi connectivity index (χ3n) is 3.92. The average molecular weight is 302 g/mol. The fraction of sp³-hybridized carbons (Fsp3) is 0.500. The summed E-state index contributed by atoms with van der Waals surface area (Å²) >= 11 is 12.3. The van der Waals surface area contributed by atoms with Gasteiger partial charge in [0.2, 0.25) is 0 Å². The molecule has 1 heterocycles. The van der Waals surface area contributed by atoms with Crippen LogP contribution < -0.4 is 0 Å². The van der Waals surface area contributed by atoms with Crippen LogP contribution in [0.25, 0.3) is 0 Å². The zero-order valence-electron chi connectivity index (χ0n) is 10.8. The normalized spacial score (nSPS) is 19.3. The van der Waals surface area contributed by atoms with Gasteiger partial charge >= 0.3 is 5.97 Å². The number of aliphatic carboxylic acids is 1. The fourth-order valence-corrected chi connectivity index (χ4v) is 2.84. The molecule has 0 atom stereocenters. The van der Waals surface area contributed by atoms with Crippen molar-refractivity contribution in [3.63, 3.8) is 0 Å². The van der Waals surface area contributed by atoms with Gasteiger partial charge in [-0.15, -0.1) is 0 Å². The molecule has 1 saturated heterocycles. The van der Waals surface area contributed by atoms with Crippen LogP contribution in [0.3, 0.4) is 0 Å². The molecule has 0 saturated carbocycles. The number of benzene rings is 1. The Morgan fingerprint density at radius 3 is 2.32 bits per heavy atom. The van der Waals surface area contributed by atoms with Crippen LogP contribution in [0.4, 0.5) is 0 Å². The minimum absolute atomic E-state index is 0.596. The van der Waals surface area contributed by atoms with Crippen LogP contribution in [-0.2, 0) is 11.3 Å². The summed E-state index contributed by atoms with van der Waals surface area (Å²) in [5.41, 5.74) is 0.325. The summed E-state index contributed by atoms with van der Waals surface area (Å²) < 4.78 is 0. The van der Waals surface area contributed by atoms with Crippen LogP contribution in [0, 0.1) is 5.41 Å². The van der Waals surface area contributed by atoms with Gasteiger partial charge in [-0.2, -0.15) is 0 Å². The molecule has 0 spiro atoms. The van der Waals surface area contributed by atoms with E-state index in [1.807, 2.05) is 25.1 Å². The molecular formula is C14H17Cl2NO2. The minimum Gasteiger partial charge on any atom is -0.481 e. The van der Waals surface area contributed by atoms with E-state index in [0.29, 0.717) is 29.4 Å². The Morgan fingerprint density at radius 1 is 1.32 bits per heavy atom. The van der Waals surface area contributed by atoms with Gasteiger partial charge in [0.1, 0.15) is 0 Å². The number of piperidine rings is 1. The van der Waals surface area contributed by atoms with Crippen molar-refractivity contribution in [3.05, 3.63) is 33.8 Å². The van der Waals surface area contributed by atoms with E-state index in [-0.39, 0.29) is 0 Å².